The third-order valence-electron chi connectivity index (χ3n) is 3.55. The fraction of sp³-hybridized carbons (Fsp3) is 0.176. The van der Waals surface area contributed by atoms with Crippen LogP contribution in [0.15, 0.2) is 54.7 Å². The summed E-state index contributed by atoms with van der Waals surface area (Å²) in [6.45, 7) is 1.87. The van der Waals surface area contributed by atoms with Gasteiger partial charge in [0.2, 0.25) is 5.82 Å². The molecule has 1 aromatic heterocycles. The molecule has 2 aromatic carbocycles. The van der Waals surface area contributed by atoms with E-state index in [1.54, 1.807) is 0 Å². The van der Waals surface area contributed by atoms with Gasteiger partial charge >= 0.3 is 6.18 Å². The molecule has 0 saturated heterocycles. The van der Waals surface area contributed by atoms with Crippen LogP contribution in [0, 0.1) is 0 Å². The zero-order valence-electron chi connectivity index (χ0n) is 12.3. The Morgan fingerprint density at radius 3 is 2.48 bits per heavy atom. The van der Waals surface area contributed by atoms with Crippen molar-refractivity contribution in [3.63, 3.8) is 0 Å². The van der Waals surface area contributed by atoms with Crippen molar-refractivity contribution in [3.8, 4) is 0 Å². The number of halogens is 3. The van der Waals surface area contributed by atoms with Crippen molar-refractivity contribution in [2.45, 2.75) is 19.1 Å². The van der Waals surface area contributed by atoms with Crippen molar-refractivity contribution < 1.29 is 13.2 Å². The molecule has 1 heterocycles. The lowest BCUT2D eigenvalue weighted by Crippen LogP contribution is -2.14. The van der Waals surface area contributed by atoms with Gasteiger partial charge in [0, 0.05) is 12.2 Å². The maximum atomic E-state index is 12.6. The molecule has 118 valence electrons. The van der Waals surface area contributed by atoms with Gasteiger partial charge in [0.15, 0.2) is 0 Å². The standard InChI is InChI=1S/C17H14F3N3/c1-11(13-7-6-12-4-2-3-5-14(12)10-13)22-15-8-9-21-16(23-15)17(18,19)20/h2-11H,1H3,(H,21,22,23)/t11-/m1/s1. The third kappa shape index (κ3) is 3.41. The number of anilines is 1. The van der Waals surface area contributed by atoms with Crippen LogP contribution in [0.25, 0.3) is 10.8 Å². The van der Waals surface area contributed by atoms with E-state index in [0.717, 1.165) is 22.5 Å². The van der Waals surface area contributed by atoms with Gasteiger partial charge in [-0.2, -0.15) is 13.2 Å². The number of hydrogen-bond acceptors (Lipinski definition) is 3. The Labute approximate surface area is 131 Å². The summed E-state index contributed by atoms with van der Waals surface area (Å²) in [6.07, 6.45) is -3.45. The molecule has 0 aliphatic rings. The maximum absolute atomic E-state index is 12.6. The molecule has 3 nitrogen and oxygen atoms in total. The van der Waals surface area contributed by atoms with E-state index in [2.05, 4.69) is 15.3 Å². The Kier molecular flexibility index (Phi) is 3.90. The molecule has 1 atom stereocenters. The molecule has 0 bridgehead atoms. The van der Waals surface area contributed by atoms with Gasteiger partial charge in [-0.3, -0.25) is 0 Å². The van der Waals surface area contributed by atoms with Gasteiger partial charge in [-0.25, -0.2) is 9.97 Å². The van der Waals surface area contributed by atoms with Crippen molar-refractivity contribution >= 4 is 16.6 Å². The average molecular weight is 317 g/mol. The second kappa shape index (κ2) is 5.87. The molecule has 23 heavy (non-hydrogen) atoms. The summed E-state index contributed by atoms with van der Waals surface area (Å²) < 4.78 is 37.9. The first-order chi connectivity index (χ1) is 10.9. The summed E-state index contributed by atoms with van der Waals surface area (Å²) in [7, 11) is 0. The first-order valence-electron chi connectivity index (χ1n) is 7.09. The molecule has 0 unspecified atom stereocenters. The van der Waals surface area contributed by atoms with Crippen LogP contribution in [-0.2, 0) is 6.18 Å². The fourth-order valence-corrected chi connectivity index (χ4v) is 2.36. The van der Waals surface area contributed by atoms with Gasteiger partial charge in [0.25, 0.3) is 0 Å². The molecule has 0 amide bonds. The lowest BCUT2D eigenvalue weighted by Gasteiger charge is -2.16. The Balaban J connectivity index is 1.84. The Hall–Kier alpha value is -2.63. The molecule has 0 spiro atoms. The predicted molar refractivity (Wildman–Crippen MR) is 83.0 cm³/mol. The Morgan fingerprint density at radius 1 is 1.00 bits per heavy atom. The van der Waals surface area contributed by atoms with E-state index in [-0.39, 0.29) is 11.9 Å². The molecular formula is C17H14F3N3. The first-order valence-corrected chi connectivity index (χ1v) is 7.09. The SMILES string of the molecule is C[C@@H](Nc1ccnc(C(F)(F)F)n1)c1ccc2ccccc2c1. The van der Waals surface area contributed by atoms with E-state index in [0.29, 0.717) is 0 Å². The van der Waals surface area contributed by atoms with E-state index in [1.165, 1.54) is 6.07 Å². The number of rotatable bonds is 3. The molecule has 0 saturated carbocycles. The Bertz CT molecular complexity index is 830. The zero-order chi connectivity index (χ0) is 16.4. The monoisotopic (exact) mass is 317 g/mol. The van der Waals surface area contributed by atoms with Crippen molar-refractivity contribution in [3.05, 3.63) is 66.1 Å². The molecule has 0 aliphatic carbocycles. The normalized spacial score (nSPS) is 13.0. The predicted octanol–water partition coefficient (Wildman–Crippen LogP) is 4.82. The molecule has 3 rings (SSSR count). The van der Waals surface area contributed by atoms with Gasteiger partial charge in [-0.15, -0.1) is 0 Å². The minimum absolute atomic E-state index is 0.146. The average Bonchev–Trinajstić information content (AvgIpc) is 2.54. The summed E-state index contributed by atoms with van der Waals surface area (Å²) in [6, 6.07) is 15.1. The van der Waals surface area contributed by atoms with Crippen LogP contribution in [0.3, 0.4) is 0 Å². The van der Waals surface area contributed by atoms with E-state index < -0.39 is 12.0 Å². The van der Waals surface area contributed by atoms with Crippen molar-refractivity contribution in [1.29, 1.82) is 0 Å². The minimum atomic E-state index is -4.55. The fourth-order valence-electron chi connectivity index (χ4n) is 2.36. The smallest absolute Gasteiger partial charge is 0.363 e. The quantitative estimate of drug-likeness (QED) is 0.752. The topological polar surface area (TPSA) is 37.8 Å². The minimum Gasteiger partial charge on any atom is -0.363 e. The molecule has 3 aromatic rings. The van der Waals surface area contributed by atoms with Crippen molar-refractivity contribution in [2.24, 2.45) is 0 Å². The highest BCUT2D eigenvalue weighted by molar-refractivity contribution is 5.83. The van der Waals surface area contributed by atoms with Gasteiger partial charge in [-0.1, -0.05) is 36.4 Å². The van der Waals surface area contributed by atoms with Crippen LogP contribution in [0.4, 0.5) is 19.0 Å². The second-order valence-corrected chi connectivity index (χ2v) is 5.24. The van der Waals surface area contributed by atoms with Crippen LogP contribution in [0.5, 0.6) is 0 Å². The van der Waals surface area contributed by atoms with Crippen LogP contribution in [0.2, 0.25) is 0 Å². The first kappa shape index (κ1) is 15.3. The highest BCUT2D eigenvalue weighted by Crippen LogP contribution is 2.27. The van der Waals surface area contributed by atoms with Crippen LogP contribution in [-0.4, -0.2) is 9.97 Å². The summed E-state index contributed by atoms with van der Waals surface area (Å²) >= 11 is 0. The summed E-state index contributed by atoms with van der Waals surface area (Å²) in [4.78, 5) is 6.78. The molecule has 0 aliphatic heterocycles. The lowest BCUT2D eigenvalue weighted by atomic mass is 10.0. The highest BCUT2D eigenvalue weighted by atomic mass is 19.4. The molecular weight excluding hydrogens is 303 g/mol. The number of fused-ring (bicyclic) bond motifs is 1. The number of nitrogens with one attached hydrogen (secondary N) is 1. The van der Waals surface area contributed by atoms with Crippen molar-refractivity contribution in [1.82, 2.24) is 9.97 Å². The van der Waals surface area contributed by atoms with E-state index in [1.807, 2.05) is 49.4 Å². The van der Waals surface area contributed by atoms with Crippen molar-refractivity contribution in [2.75, 3.05) is 5.32 Å². The van der Waals surface area contributed by atoms with E-state index in [4.69, 9.17) is 0 Å². The number of benzene rings is 2. The number of nitrogens with zero attached hydrogens (tertiary/aromatic N) is 2. The lowest BCUT2D eigenvalue weighted by molar-refractivity contribution is -0.144. The van der Waals surface area contributed by atoms with E-state index in [9.17, 15) is 13.2 Å². The largest absolute Gasteiger partial charge is 0.451 e. The summed E-state index contributed by atoms with van der Waals surface area (Å²) in [5.74, 6) is -0.999. The van der Waals surface area contributed by atoms with E-state index >= 15 is 0 Å². The van der Waals surface area contributed by atoms with Gasteiger partial charge in [0.1, 0.15) is 5.82 Å². The van der Waals surface area contributed by atoms with Crippen LogP contribution < -0.4 is 5.32 Å². The molecule has 1 N–H and O–H groups in total. The molecule has 0 fully saturated rings. The second-order valence-electron chi connectivity index (χ2n) is 5.24. The zero-order valence-corrected chi connectivity index (χ0v) is 12.3. The number of alkyl halides is 3. The van der Waals surface area contributed by atoms with Crippen LogP contribution >= 0.6 is 0 Å². The maximum Gasteiger partial charge on any atom is 0.451 e. The summed E-state index contributed by atoms with van der Waals surface area (Å²) in [5.41, 5.74) is 0.968. The summed E-state index contributed by atoms with van der Waals surface area (Å²) in [5, 5.41) is 5.18. The third-order valence-corrected chi connectivity index (χ3v) is 3.55. The Morgan fingerprint density at radius 2 is 1.74 bits per heavy atom. The van der Waals surface area contributed by atoms with Gasteiger partial charge < -0.3 is 5.32 Å². The van der Waals surface area contributed by atoms with Gasteiger partial charge in [-0.05, 0) is 35.4 Å². The number of aromatic nitrogens is 2. The van der Waals surface area contributed by atoms with Gasteiger partial charge in [0.05, 0.1) is 0 Å². The highest BCUT2D eigenvalue weighted by Gasteiger charge is 2.34. The molecule has 0 radical (unpaired) electrons. The number of hydrogen-bond donors (Lipinski definition) is 1. The van der Waals surface area contributed by atoms with Crippen LogP contribution in [0.1, 0.15) is 24.4 Å². The molecule has 6 heteroatoms.